The van der Waals surface area contributed by atoms with Gasteiger partial charge in [-0.05, 0) is 68.6 Å². The molecule has 2 atom stereocenters. The Morgan fingerprint density at radius 2 is 1.86 bits per heavy atom. The summed E-state index contributed by atoms with van der Waals surface area (Å²) >= 11 is 12.6. The van der Waals surface area contributed by atoms with Crippen molar-refractivity contribution in [2.24, 2.45) is 0 Å². The van der Waals surface area contributed by atoms with Gasteiger partial charge in [0.05, 0.1) is 19.2 Å². The van der Waals surface area contributed by atoms with Gasteiger partial charge in [0.1, 0.15) is 17.9 Å². The Hall–Kier alpha value is -3.37. The van der Waals surface area contributed by atoms with Crippen LogP contribution in [0.1, 0.15) is 58.7 Å². The van der Waals surface area contributed by atoms with Crippen LogP contribution in [0.5, 0.6) is 11.5 Å². The van der Waals surface area contributed by atoms with E-state index in [2.05, 4.69) is 16.0 Å². The SMILES string of the molecule is O=C(O)c1ccc2nc(CN3CCC(c4cccc5c4OC(c4ccc(Cl)cc4Cl)CO5)CC3)n(C[C@@H]3CCO3)c2n1. The average molecular weight is 610 g/mol. The molecule has 2 aromatic heterocycles. The molecule has 3 aliphatic rings. The number of hydrogen-bond acceptors (Lipinski definition) is 7. The molecule has 2 fully saturated rings. The third kappa shape index (κ3) is 5.30. The molecular weight excluding hydrogens is 579 g/mol. The zero-order valence-electron chi connectivity index (χ0n) is 22.8. The molecule has 5 heterocycles. The van der Waals surface area contributed by atoms with E-state index in [1.54, 1.807) is 12.1 Å². The number of para-hydroxylation sites is 1. The van der Waals surface area contributed by atoms with E-state index in [1.165, 1.54) is 6.07 Å². The summed E-state index contributed by atoms with van der Waals surface area (Å²) in [5.41, 5.74) is 3.33. The Labute approximate surface area is 252 Å². The monoisotopic (exact) mass is 608 g/mol. The van der Waals surface area contributed by atoms with Gasteiger partial charge in [-0.15, -0.1) is 0 Å². The average Bonchev–Trinajstić information content (AvgIpc) is 3.30. The molecule has 42 heavy (non-hydrogen) atoms. The standard InChI is InChI=1S/C31H30Cl2N4O5/c32-19-4-5-22(23(33)14-19)27-17-41-26-3-1-2-21(29(26)42-27)18-8-11-36(12-9-18)16-28-34-24-6-7-25(31(38)39)35-30(24)37(28)15-20-10-13-40-20/h1-7,14,18,20,27H,8-13,15-17H2,(H,38,39)/t20-,27?/m0/s1. The van der Waals surface area contributed by atoms with Crippen molar-refractivity contribution in [2.75, 3.05) is 26.3 Å². The number of ether oxygens (including phenoxy) is 3. The fraction of sp³-hybridized carbons (Fsp3) is 0.387. The van der Waals surface area contributed by atoms with Crippen LogP contribution in [0.2, 0.25) is 10.0 Å². The Balaban J connectivity index is 1.07. The number of fused-ring (bicyclic) bond motifs is 2. The number of imidazole rings is 1. The molecule has 7 rings (SSSR count). The summed E-state index contributed by atoms with van der Waals surface area (Å²) in [6.45, 7) is 4.18. The molecular formula is C31H30Cl2N4O5. The second kappa shape index (κ2) is 11.4. The van der Waals surface area contributed by atoms with Gasteiger partial charge in [-0.1, -0.05) is 41.4 Å². The van der Waals surface area contributed by atoms with Crippen LogP contribution in [0.4, 0.5) is 0 Å². The maximum atomic E-state index is 11.6. The molecule has 3 aliphatic heterocycles. The lowest BCUT2D eigenvalue weighted by Crippen LogP contribution is -2.35. The Morgan fingerprint density at radius 1 is 1.02 bits per heavy atom. The highest BCUT2D eigenvalue weighted by molar-refractivity contribution is 6.35. The molecule has 0 bridgehead atoms. The summed E-state index contributed by atoms with van der Waals surface area (Å²) in [4.78, 5) is 23.2. The fourth-order valence-electron chi connectivity index (χ4n) is 6.07. The van der Waals surface area contributed by atoms with E-state index < -0.39 is 5.97 Å². The quantitative estimate of drug-likeness (QED) is 0.268. The van der Waals surface area contributed by atoms with Crippen molar-refractivity contribution in [3.63, 3.8) is 0 Å². The van der Waals surface area contributed by atoms with Crippen molar-refractivity contribution >= 4 is 40.3 Å². The number of rotatable bonds is 7. The van der Waals surface area contributed by atoms with E-state index in [-0.39, 0.29) is 17.9 Å². The van der Waals surface area contributed by atoms with E-state index in [9.17, 15) is 9.90 Å². The van der Waals surface area contributed by atoms with Crippen LogP contribution < -0.4 is 9.47 Å². The summed E-state index contributed by atoms with van der Waals surface area (Å²) in [6.07, 6.45) is 2.67. The number of carboxylic acids is 1. The Bertz CT molecular complexity index is 1650. The molecule has 0 radical (unpaired) electrons. The number of hydrogen-bond donors (Lipinski definition) is 1. The van der Waals surface area contributed by atoms with Gasteiger partial charge < -0.3 is 23.9 Å². The second-order valence-corrected chi connectivity index (χ2v) is 11.9. The first-order valence-electron chi connectivity index (χ1n) is 14.2. The Morgan fingerprint density at radius 3 is 2.60 bits per heavy atom. The normalized spacial score (nSPS) is 20.9. The summed E-state index contributed by atoms with van der Waals surface area (Å²) in [7, 11) is 0. The van der Waals surface area contributed by atoms with Crippen molar-refractivity contribution in [3.05, 3.63) is 81.2 Å². The van der Waals surface area contributed by atoms with E-state index in [0.717, 1.165) is 67.4 Å². The number of piperidine rings is 1. The molecule has 1 unspecified atom stereocenters. The van der Waals surface area contributed by atoms with Crippen molar-refractivity contribution in [1.29, 1.82) is 0 Å². The molecule has 9 nitrogen and oxygen atoms in total. The van der Waals surface area contributed by atoms with Crippen molar-refractivity contribution in [3.8, 4) is 11.5 Å². The number of aromatic nitrogens is 3. The molecule has 11 heteroatoms. The number of carbonyl (C=O) groups is 1. The number of halogens is 2. The van der Waals surface area contributed by atoms with Gasteiger partial charge >= 0.3 is 5.97 Å². The molecule has 0 saturated carbocycles. The van der Waals surface area contributed by atoms with Crippen molar-refractivity contribution in [2.45, 2.75) is 50.5 Å². The largest absolute Gasteiger partial charge is 0.485 e. The highest BCUT2D eigenvalue weighted by atomic mass is 35.5. The summed E-state index contributed by atoms with van der Waals surface area (Å²) in [6, 6.07) is 14.8. The van der Waals surface area contributed by atoms with Crippen LogP contribution in [-0.2, 0) is 17.8 Å². The Kier molecular flexibility index (Phi) is 7.44. The highest BCUT2D eigenvalue weighted by Gasteiger charge is 2.31. The fourth-order valence-corrected chi connectivity index (χ4v) is 6.60. The first kappa shape index (κ1) is 27.5. The third-order valence-electron chi connectivity index (χ3n) is 8.43. The van der Waals surface area contributed by atoms with Gasteiger partial charge in [-0.3, -0.25) is 4.90 Å². The zero-order valence-corrected chi connectivity index (χ0v) is 24.4. The lowest BCUT2D eigenvalue weighted by atomic mass is 9.88. The topological polar surface area (TPSA) is 98.9 Å². The first-order valence-corrected chi connectivity index (χ1v) is 15.0. The van der Waals surface area contributed by atoms with E-state index in [1.807, 2.05) is 28.8 Å². The number of carboxylic acid groups (broad SMARTS) is 1. The van der Waals surface area contributed by atoms with Crippen LogP contribution in [0.15, 0.2) is 48.5 Å². The van der Waals surface area contributed by atoms with Gasteiger partial charge in [0, 0.05) is 27.8 Å². The minimum Gasteiger partial charge on any atom is -0.485 e. The van der Waals surface area contributed by atoms with Crippen LogP contribution >= 0.6 is 23.2 Å². The number of benzene rings is 2. The third-order valence-corrected chi connectivity index (χ3v) is 8.99. The van der Waals surface area contributed by atoms with Crippen LogP contribution in [-0.4, -0.2) is 62.9 Å². The molecule has 4 aromatic rings. The minimum atomic E-state index is -1.05. The van der Waals surface area contributed by atoms with E-state index >= 15 is 0 Å². The number of nitrogens with zero attached hydrogens (tertiary/aromatic N) is 4. The number of aromatic carboxylic acids is 1. The van der Waals surface area contributed by atoms with Crippen molar-refractivity contribution in [1.82, 2.24) is 19.4 Å². The lowest BCUT2D eigenvalue weighted by molar-refractivity contribution is -0.0593. The van der Waals surface area contributed by atoms with Gasteiger partial charge in [0.15, 0.2) is 28.9 Å². The highest BCUT2D eigenvalue weighted by Crippen LogP contribution is 2.45. The summed E-state index contributed by atoms with van der Waals surface area (Å²) in [5.74, 6) is 1.71. The van der Waals surface area contributed by atoms with Gasteiger partial charge in [0.2, 0.25) is 0 Å². The molecule has 2 aromatic carbocycles. The van der Waals surface area contributed by atoms with Gasteiger partial charge in [0.25, 0.3) is 0 Å². The van der Waals surface area contributed by atoms with Gasteiger partial charge in [-0.25, -0.2) is 14.8 Å². The number of pyridine rings is 1. The molecule has 0 spiro atoms. The maximum Gasteiger partial charge on any atom is 0.354 e. The second-order valence-electron chi connectivity index (χ2n) is 11.1. The van der Waals surface area contributed by atoms with Gasteiger partial charge in [-0.2, -0.15) is 0 Å². The smallest absolute Gasteiger partial charge is 0.354 e. The number of likely N-dealkylation sites (tertiary alicyclic amines) is 1. The molecule has 0 aliphatic carbocycles. The lowest BCUT2D eigenvalue weighted by Gasteiger charge is -2.35. The summed E-state index contributed by atoms with van der Waals surface area (Å²) < 4.78 is 20.4. The summed E-state index contributed by atoms with van der Waals surface area (Å²) in [5, 5.41) is 10.6. The molecule has 0 amide bonds. The van der Waals surface area contributed by atoms with E-state index in [4.69, 9.17) is 42.4 Å². The van der Waals surface area contributed by atoms with E-state index in [0.29, 0.717) is 46.8 Å². The molecule has 2 saturated heterocycles. The van der Waals surface area contributed by atoms with Crippen LogP contribution in [0.25, 0.3) is 11.2 Å². The zero-order chi connectivity index (χ0) is 28.8. The first-order chi connectivity index (χ1) is 20.4. The van der Waals surface area contributed by atoms with Crippen LogP contribution in [0.3, 0.4) is 0 Å². The maximum absolute atomic E-state index is 11.6. The predicted octanol–water partition coefficient (Wildman–Crippen LogP) is 6.12. The predicted molar refractivity (Wildman–Crippen MR) is 158 cm³/mol. The minimum absolute atomic E-state index is 0.0171. The van der Waals surface area contributed by atoms with Crippen molar-refractivity contribution < 1.29 is 24.1 Å². The van der Waals surface area contributed by atoms with Crippen LogP contribution in [0, 0.1) is 0 Å². The molecule has 1 N–H and O–H groups in total. The molecule has 218 valence electrons.